The molecule has 0 unspecified atom stereocenters. The number of nitrogens with one attached hydrogen (secondary N) is 2. The largest absolute Gasteiger partial charge is 0.387 e. The van der Waals surface area contributed by atoms with Crippen LogP contribution in [-0.4, -0.2) is 32.0 Å². The molecule has 0 bridgehead atoms. The van der Waals surface area contributed by atoms with E-state index in [1.54, 1.807) is 0 Å². The van der Waals surface area contributed by atoms with Crippen molar-refractivity contribution in [3.63, 3.8) is 0 Å². The lowest BCUT2D eigenvalue weighted by Gasteiger charge is -2.11. The highest BCUT2D eigenvalue weighted by Gasteiger charge is 2.22. The number of thiocarbonyl (C=S) groups is 1. The SMILES string of the molecule is CC(C)Nc1nc(NC2CC2)nc(C(N)=S)n1. The topological polar surface area (TPSA) is 88.8 Å². The molecule has 1 aliphatic carbocycles. The highest BCUT2D eigenvalue weighted by atomic mass is 32.1. The Balaban J connectivity index is 2.23. The molecule has 0 aliphatic heterocycles. The highest BCUT2D eigenvalue weighted by Crippen LogP contribution is 2.23. The molecule has 0 saturated heterocycles. The molecule has 1 fully saturated rings. The first kappa shape index (κ1) is 12.0. The van der Waals surface area contributed by atoms with Gasteiger partial charge in [0.2, 0.25) is 11.9 Å². The van der Waals surface area contributed by atoms with Crippen LogP contribution in [0.4, 0.5) is 11.9 Å². The van der Waals surface area contributed by atoms with E-state index in [1.807, 2.05) is 13.8 Å². The predicted molar refractivity (Wildman–Crippen MR) is 71.1 cm³/mol. The highest BCUT2D eigenvalue weighted by molar-refractivity contribution is 7.80. The zero-order valence-electron chi connectivity index (χ0n) is 9.90. The summed E-state index contributed by atoms with van der Waals surface area (Å²) < 4.78 is 0. The summed E-state index contributed by atoms with van der Waals surface area (Å²) in [5.74, 6) is 1.38. The van der Waals surface area contributed by atoms with Crippen molar-refractivity contribution in [2.24, 2.45) is 5.73 Å². The molecular weight excluding hydrogens is 236 g/mol. The van der Waals surface area contributed by atoms with Crippen molar-refractivity contribution in [2.45, 2.75) is 38.8 Å². The molecule has 2 rings (SSSR count). The number of aromatic nitrogens is 3. The predicted octanol–water partition coefficient (Wildman–Crippen LogP) is 0.900. The number of rotatable bonds is 5. The van der Waals surface area contributed by atoms with Crippen LogP contribution in [0.5, 0.6) is 0 Å². The monoisotopic (exact) mass is 252 g/mol. The maximum Gasteiger partial charge on any atom is 0.228 e. The summed E-state index contributed by atoms with van der Waals surface area (Å²) >= 11 is 4.89. The third-order valence-electron chi connectivity index (χ3n) is 2.18. The molecule has 0 amide bonds. The van der Waals surface area contributed by atoms with Crippen LogP contribution in [-0.2, 0) is 0 Å². The first-order valence-corrected chi connectivity index (χ1v) is 6.04. The normalized spacial score (nSPS) is 14.8. The van der Waals surface area contributed by atoms with E-state index in [0.29, 0.717) is 23.8 Å². The second-order valence-electron chi connectivity index (χ2n) is 4.39. The second-order valence-corrected chi connectivity index (χ2v) is 4.83. The molecule has 0 atom stereocenters. The van der Waals surface area contributed by atoms with Gasteiger partial charge >= 0.3 is 0 Å². The van der Waals surface area contributed by atoms with Gasteiger partial charge in [0.05, 0.1) is 0 Å². The molecule has 1 aromatic heterocycles. The van der Waals surface area contributed by atoms with Gasteiger partial charge in [0.1, 0.15) is 4.99 Å². The van der Waals surface area contributed by atoms with Crippen LogP contribution in [0.1, 0.15) is 32.5 Å². The lowest BCUT2D eigenvalue weighted by molar-refractivity contribution is 0.862. The van der Waals surface area contributed by atoms with Gasteiger partial charge in [-0.15, -0.1) is 0 Å². The summed E-state index contributed by atoms with van der Waals surface area (Å²) in [6.45, 7) is 4.02. The summed E-state index contributed by atoms with van der Waals surface area (Å²) in [6, 6.07) is 0.717. The fraction of sp³-hybridized carbons (Fsp3) is 0.600. The van der Waals surface area contributed by atoms with Crippen LogP contribution in [0.25, 0.3) is 0 Å². The Morgan fingerprint density at radius 3 is 2.47 bits per heavy atom. The average molecular weight is 252 g/mol. The molecule has 1 aliphatic rings. The van der Waals surface area contributed by atoms with Crippen molar-refractivity contribution in [1.82, 2.24) is 15.0 Å². The molecule has 1 aromatic rings. The first-order chi connectivity index (χ1) is 8.04. The lowest BCUT2D eigenvalue weighted by Crippen LogP contribution is -2.20. The van der Waals surface area contributed by atoms with E-state index >= 15 is 0 Å². The summed E-state index contributed by atoms with van der Waals surface area (Å²) in [6.07, 6.45) is 2.31. The van der Waals surface area contributed by atoms with Crippen molar-refractivity contribution in [3.05, 3.63) is 5.82 Å². The maximum absolute atomic E-state index is 5.55. The fourth-order valence-electron chi connectivity index (χ4n) is 1.28. The van der Waals surface area contributed by atoms with Crippen LogP contribution in [0.2, 0.25) is 0 Å². The van der Waals surface area contributed by atoms with Crippen LogP contribution in [0, 0.1) is 0 Å². The summed E-state index contributed by atoms with van der Waals surface area (Å²) in [4.78, 5) is 12.8. The molecule has 17 heavy (non-hydrogen) atoms. The molecule has 0 radical (unpaired) electrons. The minimum absolute atomic E-state index is 0.179. The number of hydrogen-bond acceptors (Lipinski definition) is 6. The van der Waals surface area contributed by atoms with Crippen molar-refractivity contribution in [3.8, 4) is 0 Å². The van der Waals surface area contributed by atoms with Crippen LogP contribution in [0.15, 0.2) is 0 Å². The molecule has 1 saturated carbocycles. The van der Waals surface area contributed by atoms with Gasteiger partial charge in [-0.25, -0.2) is 0 Å². The van der Waals surface area contributed by atoms with Crippen molar-refractivity contribution in [2.75, 3.05) is 10.6 Å². The van der Waals surface area contributed by atoms with Gasteiger partial charge in [-0.2, -0.15) is 15.0 Å². The Kier molecular flexibility index (Phi) is 3.37. The molecule has 1 heterocycles. The molecule has 6 nitrogen and oxygen atoms in total. The molecular formula is C10H16N6S. The summed E-state index contributed by atoms with van der Waals surface area (Å²) in [5, 5.41) is 6.32. The van der Waals surface area contributed by atoms with Gasteiger partial charge in [-0.05, 0) is 26.7 Å². The Labute approximate surface area is 105 Å². The standard InChI is InChI=1S/C10H16N6S/c1-5(2)12-9-14-8(7(11)17)15-10(16-9)13-6-3-4-6/h5-6H,3-4H2,1-2H3,(H2,11,17)(H2,12,13,14,15,16). The first-order valence-electron chi connectivity index (χ1n) is 5.63. The zero-order chi connectivity index (χ0) is 12.4. The molecule has 92 valence electrons. The molecule has 0 aromatic carbocycles. The zero-order valence-corrected chi connectivity index (χ0v) is 10.7. The van der Waals surface area contributed by atoms with E-state index in [9.17, 15) is 0 Å². The Hall–Kier alpha value is -1.50. The minimum Gasteiger partial charge on any atom is -0.387 e. The molecule has 0 spiro atoms. The van der Waals surface area contributed by atoms with E-state index in [4.69, 9.17) is 18.0 Å². The summed E-state index contributed by atoms with van der Waals surface area (Å²) in [5.41, 5.74) is 5.55. The second kappa shape index (κ2) is 4.79. The van der Waals surface area contributed by atoms with Gasteiger partial charge in [0, 0.05) is 12.1 Å². The average Bonchev–Trinajstić information content (AvgIpc) is 3.00. The maximum atomic E-state index is 5.55. The fourth-order valence-corrected chi connectivity index (χ4v) is 1.37. The smallest absolute Gasteiger partial charge is 0.228 e. The van der Waals surface area contributed by atoms with Crippen molar-refractivity contribution < 1.29 is 0 Å². The van der Waals surface area contributed by atoms with Gasteiger partial charge < -0.3 is 16.4 Å². The Morgan fingerprint density at radius 2 is 1.94 bits per heavy atom. The number of nitrogens with zero attached hydrogens (tertiary/aromatic N) is 3. The van der Waals surface area contributed by atoms with Crippen LogP contribution < -0.4 is 16.4 Å². The van der Waals surface area contributed by atoms with Crippen molar-refractivity contribution >= 4 is 29.1 Å². The minimum atomic E-state index is 0.179. The Bertz CT molecular complexity index is 407. The van der Waals surface area contributed by atoms with E-state index in [2.05, 4.69) is 25.6 Å². The Morgan fingerprint density at radius 1 is 1.29 bits per heavy atom. The van der Waals surface area contributed by atoms with Crippen molar-refractivity contribution in [1.29, 1.82) is 0 Å². The van der Waals surface area contributed by atoms with Gasteiger partial charge in [-0.1, -0.05) is 12.2 Å². The molecule has 4 N–H and O–H groups in total. The van der Waals surface area contributed by atoms with E-state index < -0.39 is 0 Å². The number of nitrogens with two attached hydrogens (primary N) is 1. The van der Waals surface area contributed by atoms with Gasteiger partial charge in [-0.3, -0.25) is 0 Å². The number of hydrogen-bond donors (Lipinski definition) is 3. The van der Waals surface area contributed by atoms with Crippen LogP contribution in [0.3, 0.4) is 0 Å². The van der Waals surface area contributed by atoms with E-state index in [0.717, 1.165) is 12.8 Å². The van der Waals surface area contributed by atoms with Crippen LogP contribution >= 0.6 is 12.2 Å². The number of anilines is 2. The van der Waals surface area contributed by atoms with Gasteiger partial charge in [0.25, 0.3) is 0 Å². The summed E-state index contributed by atoms with van der Waals surface area (Å²) in [7, 11) is 0. The third kappa shape index (κ3) is 3.48. The molecule has 7 heteroatoms. The van der Waals surface area contributed by atoms with E-state index in [-0.39, 0.29) is 11.0 Å². The quantitative estimate of drug-likeness (QED) is 0.671. The lowest BCUT2D eigenvalue weighted by atomic mass is 10.4. The van der Waals surface area contributed by atoms with E-state index in [1.165, 1.54) is 0 Å². The third-order valence-corrected chi connectivity index (χ3v) is 2.37. The van der Waals surface area contributed by atoms with Gasteiger partial charge in [0.15, 0.2) is 5.82 Å².